The van der Waals surface area contributed by atoms with Gasteiger partial charge >= 0.3 is 0 Å². The molecule has 2 aliphatic heterocycles. The first-order valence-electron chi connectivity index (χ1n) is 11.1. The molecule has 1 amide bonds. The molecule has 0 spiro atoms. The van der Waals surface area contributed by atoms with E-state index in [9.17, 15) is 4.79 Å². The zero-order valence-electron chi connectivity index (χ0n) is 17.4. The van der Waals surface area contributed by atoms with Crippen molar-refractivity contribution >= 4 is 11.7 Å². The van der Waals surface area contributed by atoms with Crippen LogP contribution in [0.4, 0.5) is 5.82 Å². The number of nitrogens with zero attached hydrogens (tertiary/aromatic N) is 5. The van der Waals surface area contributed by atoms with Crippen LogP contribution in [0.1, 0.15) is 71.8 Å². The minimum atomic E-state index is 0.149. The van der Waals surface area contributed by atoms with Crippen molar-refractivity contribution in [1.82, 2.24) is 14.9 Å². The van der Waals surface area contributed by atoms with Gasteiger partial charge in [0.05, 0.1) is 24.0 Å². The maximum absolute atomic E-state index is 13.4. The van der Waals surface area contributed by atoms with Gasteiger partial charge in [0, 0.05) is 18.7 Å². The molecule has 154 valence electrons. The van der Waals surface area contributed by atoms with Gasteiger partial charge in [0.25, 0.3) is 5.91 Å². The topological polar surface area (TPSA) is 73.1 Å². The number of aryl methyl sites for hydroxylation is 1. The number of hydrogen-bond donors (Lipinski definition) is 0. The summed E-state index contributed by atoms with van der Waals surface area (Å²) in [6.45, 7) is 3.56. The molecule has 1 aromatic heterocycles. The molecule has 6 heteroatoms. The molecule has 1 aromatic carbocycles. The average molecular weight is 402 g/mol. The Kier molecular flexibility index (Phi) is 4.90. The van der Waals surface area contributed by atoms with E-state index < -0.39 is 0 Å². The summed E-state index contributed by atoms with van der Waals surface area (Å²) in [4.78, 5) is 26.7. The maximum atomic E-state index is 13.4. The van der Waals surface area contributed by atoms with Crippen LogP contribution >= 0.6 is 0 Å². The van der Waals surface area contributed by atoms with E-state index in [2.05, 4.69) is 38.0 Å². The third-order valence-corrected chi connectivity index (χ3v) is 6.84. The van der Waals surface area contributed by atoms with Gasteiger partial charge in [0.1, 0.15) is 11.9 Å². The fourth-order valence-corrected chi connectivity index (χ4v) is 5.12. The van der Waals surface area contributed by atoms with Gasteiger partial charge in [-0.3, -0.25) is 4.79 Å². The Hall–Kier alpha value is -2.94. The second-order valence-electron chi connectivity index (χ2n) is 8.78. The molecule has 1 saturated carbocycles. The van der Waals surface area contributed by atoms with E-state index >= 15 is 0 Å². The van der Waals surface area contributed by atoms with Crippen LogP contribution in [0.5, 0.6) is 0 Å². The van der Waals surface area contributed by atoms with E-state index in [-0.39, 0.29) is 18.0 Å². The molecule has 0 N–H and O–H groups in total. The van der Waals surface area contributed by atoms with Crippen molar-refractivity contribution in [1.29, 1.82) is 5.26 Å². The van der Waals surface area contributed by atoms with Crippen LogP contribution in [0.15, 0.2) is 30.5 Å². The van der Waals surface area contributed by atoms with Crippen molar-refractivity contribution in [3.05, 3.63) is 53.0 Å². The molecule has 2 aromatic rings. The van der Waals surface area contributed by atoms with Crippen LogP contribution in [0.25, 0.3) is 0 Å². The Morgan fingerprint density at radius 3 is 2.50 bits per heavy atom. The van der Waals surface area contributed by atoms with Gasteiger partial charge in [-0.05, 0) is 69.1 Å². The number of amides is 1. The molecule has 5 rings (SSSR count). The summed E-state index contributed by atoms with van der Waals surface area (Å²) in [6, 6.07) is 10.8. The fourth-order valence-electron chi connectivity index (χ4n) is 5.12. The number of anilines is 1. The van der Waals surface area contributed by atoms with Gasteiger partial charge in [-0.15, -0.1) is 0 Å². The van der Waals surface area contributed by atoms with Crippen molar-refractivity contribution in [2.45, 2.75) is 63.5 Å². The third kappa shape index (κ3) is 3.43. The standard InChI is InChI=1S/C24H27N5O/c1-16-20(14-25)26-15-23(27-16)28-12-2-5-22-21(28)4-3-13-29(22)24(30)19-10-8-18(9-11-19)17-6-7-17/h8-11,15,17,21-22H,2-7,12-13H2,1H3. The minimum absolute atomic E-state index is 0.149. The molecular formula is C24H27N5O. The van der Waals surface area contributed by atoms with Crippen LogP contribution in [-0.2, 0) is 0 Å². The van der Waals surface area contributed by atoms with E-state index in [1.807, 2.05) is 19.1 Å². The smallest absolute Gasteiger partial charge is 0.254 e. The first kappa shape index (κ1) is 19.0. The van der Waals surface area contributed by atoms with Crippen molar-refractivity contribution < 1.29 is 4.79 Å². The van der Waals surface area contributed by atoms with E-state index in [1.165, 1.54) is 18.4 Å². The first-order valence-corrected chi connectivity index (χ1v) is 11.1. The summed E-state index contributed by atoms with van der Waals surface area (Å²) in [7, 11) is 0. The molecule has 6 nitrogen and oxygen atoms in total. The Bertz CT molecular complexity index is 992. The van der Waals surface area contributed by atoms with Crippen LogP contribution < -0.4 is 4.90 Å². The summed E-state index contributed by atoms with van der Waals surface area (Å²) >= 11 is 0. The van der Waals surface area contributed by atoms with Crippen LogP contribution in [0.2, 0.25) is 0 Å². The van der Waals surface area contributed by atoms with Gasteiger partial charge < -0.3 is 9.80 Å². The van der Waals surface area contributed by atoms with Crippen LogP contribution in [0, 0.1) is 18.3 Å². The molecule has 30 heavy (non-hydrogen) atoms. The molecular weight excluding hydrogens is 374 g/mol. The number of likely N-dealkylation sites (tertiary alicyclic amines) is 1. The SMILES string of the molecule is Cc1nc(N2CCCC3C2CCCN3C(=O)c2ccc(C3CC3)cc2)cnc1C#N. The number of nitriles is 1. The quantitative estimate of drug-likeness (QED) is 0.782. The molecule has 3 aliphatic rings. The molecule has 3 fully saturated rings. The summed E-state index contributed by atoms with van der Waals surface area (Å²) in [5, 5.41) is 9.15. The maximum Gasteiger partial charge on any atom is 0.254 e. The normalized spacial score (nSPS) is 23.6. The second kappa shape index (κ2) is 7.71. The van der Waals surface area contributed by atoms with Gasteiger partial charge in [-0.1, -0.05) is 12.1 Å². The zero-order chi connectivity index (χ0) is 20.7. The predicted molar refractivity (Wildman–Crippen MR) is 114 cm³/mol. The molecule has 2 atom stereocenters. The fraction of sp³-hybridized carbons (Fsp3) is 0.500. The number of rotatable bonds is 3. The molecule has 0 bridgehead atoms. The lowest BCUT2D eigenvalue weighted by atomic mass is 9.87. The van der Waals surface area contributed by atoms with Crippen molar-refractivity contribution in [3.63, 3.8) is 0 Å². The minimum Gasteiger partial charge on any atom is -0.350 e. The van der Waals surface area contributed by atoms with Crippen molar-refractivity contribution in [2.24, 2.45) is 0 Å². The van der Waals surface area contributed by atoms with E-state index in [0.29, 0.717) is 17.3 Å². The highest BCUT2D eigenvalue weighted by Crippen LogP contribution is 2.40. The largest absolute Gasteiger partial charge is 0.350 e. The van der Waals surface area contributed by atoms with Crippen molar-refractivity contribution in [2.75, 3.05) is 18.0 Å². The molecule has 2 unspecified atom stereocenters. The second-order valence-corrected chi connectivity index (χ2v) is 8.78. The Morgan fingerprint density at radius 1 is 1.07 bits per heavy atom. The lowest BCUT2D eigenvalue weighted by Crippen LogP contribution is -2.60. The van der Waals surface area contributed by atoms with Crippen LogP contribution in [-0.4, -0.2) is 45.9 Å². The summed E-state index contributed by atoms with van der Waals surface area (Å²) < 4.78 is 0. The van der Waals surface area contributed by atoms with Gasteiger partial charge in [-0.25, -0.2) is 9.97 Å². The predicted octanol–water partition coefficient (Wildman–Crippen LogP) is 3.81. The monoisotopic (exact) mass is 401 g/mol. The molecule has 3 heterocycles. The lowest BCUT2D eigenvalue weighted by Gasteiger charge is -2.49. The lowest BCUT2D eigenvalue weighted by molar-refractivity contribution is 0.0524. The number of hydrogen-bond acceptors (Lipinski definition) is 5. The molecule has 1 aliphatic carbocycles. The third-order valence-electron chi connectivity index (χ3n) is 6.84. The van der Waals surface area contributed by atoms with Crippen molar-refractivity contribution in [3.8, 4) is 6.07 Å². The molecule has 0 radical (unpaired) electrons. The number of fused-ring (bicyclic) bond motifs is 1. The summed E-state index contributed by atoms with van der Waals surface area (Å²) in [5.74, 6) is 1.68. The van der Waals surface area contributed by atoms with Gasteiger partial charge in [0.2, 0.25) is 0 Å². The Labute approximate surface area is 177 Å². The Morgan fingerprint density at radius 2 is 1.80 bits per heavy atom. The number of carbonyl (C=O) groups excluding carboxylic acids is 1. The van der Waals surface area contributed by atoms with Gasteiger partial charge in [0.15, 0.2) is 5.69 Å². The number of aromatic nitrogens is 2. The highest BCUT2D eigenvalue weighted by atomic mass is 16.2. The van der Waals surface area contributed by atoms with E-state index in [4.69, 9.17) is 5.26 Å². The summed E-state index contributed by atoms with van der Waals surface area (Å²) in [5.41, 5.74) is 3.20. The number of benzene rings is 1. The first-order chi connectivity index (χ1) is 14.7. The number of piperidine rings is 2. The molecule has 2 saturated heterocycles. The number of carbonyl (C=O) groups is 1. The Balaban J connectivity index is 1.37. The highest BCUT2D eigenvalue weighted by Gasteiger charge is 2.40. The van der Waals surface area contributed by atoms with Crippen LogP contribution in [0.3, 0.4) is 0 Å². The van der Waals surface area contributed by atoms with Gasteiger partial charge in [-0.2, -0.15) is 5.26 Å². The highest BCUT2D eigenvalue weighted by molar-refractivity contribution is 5.94. The van der Waals surface area contributed by atoms with E-state index in [1.54, 1.807) is 6.20 Å². The zero-order valence-corrected chi connectivity index (χ0v) is 17.4. The van der Waals surface area contributed by atoms with E-state index in [0.717, 1.165) is 50.2 Å². The average Bonchev–Trinajstić information content (AvgIpc) is 3.63. The summed E-state index contributed by atoms with van der Waals surface area (Å²) in [6.07, 6.45) is 8.35.